The summed E-state index contributed by atoms with van der Waals surface area (Å²) < 4.78 is 1.72. The Bertz CT molecular complexity index is 760. The van der Waals surface area contributed by atoms with E-state index in [2.05, 4.69) is 48.1 Å². The van der Waals surface area contributed by atoms with Crippen LogP contribution in [0.3, 0.4) is 0 Å². The predicted octanol–water partition coefficient (Wildman–Crippen LogP) is 3.55. The van der Waals surface area contributed by atoms with Crippen molar-refractivity contribution >= 4 is 17.2 Å². The number of hydrogen-bond donors (Lipinski definition) is 1. The van der Waals surface area contributed by atoms with Crippen LogP contribution < -0.4 is 15.8 Å². The lowest BCUT2D eigenvalue weighted by Crippen LogP contribution is -2.25. The number of anilines is 3. The van der Waals surface area contributed by atoms with Gasteiger partial charge in [0.2, 0.25) is 0 Å². The van der Waals surface area contributed by atoms with Crippen LogP contribution in [0.25, 0.3) is 0 Å². The molecule has 5 heteroatoms. The standard InChI is InChI=1S/C19H26N4O/c1-14(2)13-23-11-8-20-18(19(23)24)21-17-7-6-16(12-15(17)3)22-9-4-5-10-22/h6-8,11-12,14H,4-5,9-10,13H2,1-3H3,(H,20,21). The summed E-state index contributed by atoms with van der Waals surface area (Å²) in [6.07, 6.45) is 5.96. The van der Waals surface area contributed by atoms with Crippen molar-refractivity contribution < 1.29 is 0 Å². The maximum atomic E-state index is 12.5. The fourth-order valence-electron chi connectivity index (χ4n) is 3.16. The van der Waals surface area contributed by atoms with Gasteiger partial charge in [0.05, 0.1) is 0 Å². The average Bonchev–Trinajstić information content (AvgIpc) is 3.07. The molecule has 5 nitrogen and oxygen atoms in total. The van der Waals surface area contributed by atoms with Crippen LogP contribution in [0.4, 0.5) is 17.2 Å². The molecule has 1 aliphatic rings. The van der Waals surface area contributed by atoms with Crippen LogP contribution in [0.15, 0.2) is 35.4 Å². The molecule has 0 bridgehead atoms. The Morgan fingerprint density at radius 3 is 2.67 bits per heavy atom. The molecule has 1 aromatic heterocycles. The number of nitrogens with zero attached hydrogens (tertiary/aromatic N) is 3. The van der Waals surface area contributed by atoms with Gasteiger partial charge in [-0.05, 0) is 49.4 Å². The van der Waals surface area contributed by atoms with Crippen LogP contribution in [0.2, 0.25) is 0 Å². The van der Waals surface area contributed by atoms with Crippen molar-refractivity contribution in [3.8, 4) is 0 Å². The quantitative estimate of drug-likeness (QED) is 0.913. The Kier molecular flexibility index (Phi) is 4.88. The maximum Gasteiger partial charge on any atom is 0.293 e. The molecule has 0 spiro atoms. The van der Waals surface area contributed by atoms with Crippen molar-refractivity contribution in [3.05, 3.63) is 46.5 Å². The summed E-state index contributed by atoms with van der Waals surface area (Å²) >= 11 is 0. The molecule has 24 heavy (non-hydrogen) atoms. The van der Waals surface area contributed by atoms with Crippen molar-refractivity contribution in [1.82, 2.24) is 9.55 Å². The third-order valence-electron chi connectivity index (χ3n) is 4.41. The molecule has 1 fully saturated rings. The van der Waals surface area contributed by atoms with Gasteiger partial charge in [-0.25, -0.2) is 4.98 Å². The first-order chi connectivity index (χ1) is 11.5. The van der Waals surface area contributed by atoms with Crippen LogP contribution in [-0.4, -0.2) is 22.6 Å². The van der Waals surface area contributed by atoms with E-state index in [1.807, 2.05) is 6.07 Å². The largest absolute Gasteiger partial charge is 0.372 e. The second kappa shape index (κ2) is 7.07. The van der Waals surface area contributed by atoms with Crippen molar-refractivity contribution in [3.63, 3.8) is 0 Å². The normalized spacial score (nSPS) is 14.4. The van der Waals surface area contributed by atoms with Gasteiger partial charge in [0, 0.05) is 43.4 Å². The van der Waals surface area contributed by atoms with Crippen molar-refractivity contribution in [2.45, 2.75) is 40.2 Å². The molecule has 1 aromatic carbocycles. The highest BCUT2D eigenvalue weighted by molar-refractivity contribution is 5.65. The number of benzene rings is 1. The highest BCUT2D eigenvalue weighted by atomic mass is 16.1. The zero-order valence-corrected chi connectivity index (χ0v) is 14.7. The van der Waals surface area contributed by atoms with Crippen molar-refractivity contribution in [2.75, 3.05) is 23.3 Å². The topological polar surface area (TPSA) is 50.2 Å². The number of hydrogen-bond acceptors (Lipinski definition) is 4. The highest BCUT2D eigenvalue weighted by Crippen LogP contribution is 2.26. The molecular formula is C19H26N4O. The first kappa shape index (κ1) is 16.6. The van der Waals surface area contributed by atoms with Gasteiger partial charge in [-0.15, -0.1) is 0 Å². The zero-order valence-electron chi connectivity index (χ0n) is 14.7. The number of aromatic nitrogens is 2. The van der Waals surface area contributed by atoms with E-state index in [0.717, 1.165) is 24.3 Å². The number of aryl methyl sites for hydroxylation is 1. The molecule has 0 saturated carbocycles. The molecule has 128 valence electrons. The van der Waals surface area contributed by atoms with Gasteiger partial charge in [-0.3, -0.25) is 4.79 Å². The Balaban J connectivity index is 1.82. The fourth-order valence-corrected chi connectivity index (χ4v) is 3.16. The summed E-state index contributed by atoms with van der Waals surface area (Å²) in [5, 5.41) is 3.21. The van der Waals surface area contributed by atoms with Crippen LogP contribution in [0.1, 0.15) is 32.3 Å². The van der Waals surface area contributed by atoms with Gasteiger partial charge < -0.3 is 14.8 Å². The van der Waals surface area contributed by atoms with E-state index >= 15 is 0 Å². The third kappa shape index (κ3) is 3.61. The molecular weight excluding hydrogens is 300 g/mol. The fraction of sp³-hybridized carbons (Fsp3) is 0.474. The lowest BCUT2D eigenvalue weighted by molar-refractivity contribution is 0.510. The minimum absolute atomic E-state index is 0.0748. The van der Waals surface area contributed by atoms with Crippen LogP contribution in [0, 0.1) is 12.8 Å². The second-order valence-corrected chi connectivity index (χ2v) is 6.95. The van der Waals surface area contributed by atoms with Gasteiger partial charge in [0.25, 0.3) is 5.56 Å². The highest BCUT2D eigenvalue weighted by Gasteiger charge is 2.14. The monoisotopic (exact) mass is 326 g/mol. The Morgan fingerprint density at radius 2 is 2.00 bits per heavy atom. The summed E-state index contributed by atoms with van der Waals surface area (Å²) in [6.45, 7) is 9.22. The molecule has 1 N–H and O–H groups in total. The molecule has 0 atom stereocenters. The minimum Gasteiger partial charge on any atom is -0.372 e. The van der Waals surface area contributed by atoms with Crippen molar-refractivity contribution in [1.29, 1.82) is 0 Å². The lowest BCUT2D eigenvalue weighted by atomic mass is 10.1. The molecule has 0 amide bonds. The van der Waals surface area contributed by atoms with Gasteiger partial charge in [-0.1, -0.05) is 13.8 Å². The Hall–Kier alpha value is -2.30. The SMILES string of the molecule is Cc1cc(N2CCCC2)ccc1Nc1nccn(CC(C)C)c1=O. The van der Waals surface area contributed by atoms with E-state index in [0.29, 0.717) is 18.3 Å². The van der Waals surface area contributed by atoms with Crippen LogP contribution in [0.5, 0.6) is 0 Å². The van der Waals surface area contributed by atoms with E-state index < -0.39 is 0 Å². The number of nitrogens with one attached hydrogen (secondary N) is 1. The van der Waals surface area contributed by atoms with Gasteiger partial charge >= 0.3 is 0 Å². The maximum absolute atomic E-state index is 12.5. The predicted molar refractivity (Wildman–Crippen MR) is 99.2 cm³/mol. The second-order valence-electron chi connectivity index (χ2n) is 6.95. The summed E-state index contributed by atoms with van der Waals surface area (Å²) in [4.78, 5) is 19.2. The summed E-state index contributed by atoms with van der Waals surface area (Å²) in [5.41, 5.74) is 3.24. The van der Waals surface area contributed by atoms with Crippen molar-refractivity contribution in [2.24, 2.45) is 5.92 Å². The first-order valence-electron chi connectivity index (χ1n) is 8.72. The average molecular weight is 326 g/mol. The summed E-state index contributed by atoms with van der Waals surface area (Å²) in [6, 6.07) is 6.35. The van der Waals surface area contributed by atoms with Crippen LogP contribution >= 0.6 is 0 Å². The number of rotatable bonds is 5. The third-order valence-corrected chi connectivity index (χ3v) is 4.41. The van der Waals surface area contributed by atoms with Gasteiger partial charge in [0.15, 0.2) is 5.82 Å². The Labute approximate surface area is 143 Å². The van der Waals surface area contributed by atoms with E-state index in [9.17, 15) is 4.79 Å². The van der Waals surface area contributed by atoms with Gasteiger partial charge in [0.1, 0.15) is 0 Å². The minimum atomic E-state index is -0.0748. The summed E-state index contributed by atoms with van der Waals surface area (Å²) in [5.74, 6) is 0.801. The molecule has 0 unspecified atom stereocenters. The molecule has 1 saturated heterocycles. The first-order valence-corrected chi connectivity index (χ1v) is 8.72. The molecule has 0 aliphatic carbocycles. The van der Waals surface area contributed by atoms with Gasteiger partial charge in [-0.2, -0.15) is 0 Å². The molecule has 1 aliphatic heterocycles. The van der Waals surface area contributed by atoms with E-state index in [4.69, 9.17) is 0 Å². The van der Waals surface area contributed by atoms with E-state index in [1.54, 1.807) is 17.0 Å². The zero-order chi connectivity index (χ0) is 17.1. The van der Waals surface area contributed by atoms with Crippen LogP contribution in [-0.2, 0) is 6.54 Å². The molecule has 0 radical (unpaired) electrons. The molecule has 2 heterocycles. The van der Waals surface area contributed by atoms with E-state index in [-0.39, 0.29) is 5.56 Å². The lowest BCUT2D eigenvalue weighted by Gasteiger charge is -2.19. The molecule has 2 aromatic rings. The summed E-state index contributed by atoms with van der Waals surface area (Å²) in [7, 11) is 0. The Morgan fingerprint density at radius 1 is 1.25 bits per heavy atom. The smallest absolute Gasteiger partial charge is 0.293 e. The van der Waals surface area contributed by atoms with E-state index in [1.165, 1.54) is 18.5 Å². The molecule has 3 rings (SSSR count).